The lowest BCUT2D eigenvalue weighted by Crippen LogP contribution is -2.48. The first-order valence-electron chi connectivity index (χ1n) is 48.5. The van der Waals surface area contributed by atoms with Crippen LogP contribution in [0, 0.1) is 47.6 Å². The molecule has 6 atom stereocenters. The molecule has 0 aliphatic carbocycles. The molecule has 6 unspecified atom stereocenters. The van der Waals surface area contributed by atoms with E-state index in [1.165, 1.54) is 73.8 Å². The SMILES string of the molecule is COCOc1c(Cc2ccccc2)cc(Cc2ccccc2)cc1Pc1ccc(F)cc1F.COCOc1c(OC)cccc1Pc1ccccc1F.COCOc1c(Pc2ccccc2F)cc([Si](C)(C)C)cc1[Si](C)(C)C.COCOc1c(Pc2ccccc2F)cccc1[Si](C)(C)C.COCOc1ccc(Cc2ccccc2)cc1Pc1ccc(C)cc1F.COCOc1ccc([Si](C)(C)C)cc1Pc1ccccc1F. The maximum absolute atomic E-state index is 14.5. The van der Waals surface area contributed by atoms with E-state index in [1.54, 1.807) is 92.2 Å². The van der Waals surface area contributed by atoms with Gasteiger partial charge in [-0.15, -0.1) is 0 Å². The summed E-state index contributed by atoms with van der Waals surface area (Å²) in [6.45, 7) is 30.6. The molecule has 0 saturated heterocycles. The van der Waals surface area contributed by atoms with E-state index in [2.05, 4.69) is 170 Å². The molecular formula is C119H137F7O13P6Si4. The number of ether oxygens (including phenoxy) is 13. The van der Waals surface area contributed by atoms with Crippen LogP contribution < -0.4 is 118 Å². The Morgan fingerprint density at radius 2 is 0.557 bits per heavy atom. The van der Waals surface area contributed by atoms with Gasteiger partial charge in [0.1, 0.15) is 69.5 Å². The van der Waals surface area contributed by atoms with Gasteiger partial charge in [0, 0.05) is 119 Å². The average Bonchev–Trinajstić information content (AvgIpc) is 0.774. The molecule has 149 heavy (non-hydrogen) atoms. The summed E-state index contributed by atoms with van der Waals surface area (Å²) in [5.74, 6) is 3.16. The molecule has 15 aromatic rings. The zero-order chi connectivity index (χ0) is 108. The quantitative estimate of drug-likeness (QED) is 0.0157. The minimum atomic E-state index is -1.65. The van der Waals surface area contributed by atoms with Crippen LogP contribution in [-0.2, 0) is 47.7 Å². The predicted molar refractivity (Wildman–Crippen MR) is 628 cm³/mol. The molecule has 0 radical (unpaired) electrons. The van der Waals surface area contributed by atoms with E-state index in [9.17, 15) is 30.7 Å². The molecular weight excluding hydrogens is 2070 g/mol. The van der Waals surface area contributed by atoms with E-state index in [4.69, 9.17) is 61.6 Å². The van der Waals surface area contributed by atoms with Crippen molar-refractivity contribution in [2.45, 2.75) is 105 Å². The average molecular weight is 2210 g/mol. The highest BCUT2D eigenvalue weighted by atomic mass is 31.1. The highest BCUT2D eigenvalue weighted by molar-refractivity contribution is 7.57. The van der Waals surface area contributed by atoms with Crippen LogP contribution in [0.3, 0.4) is 0 Å². The van der Waals surface area contributed by atoms with Crippen molar-refractivity contribution < 1.29 is 92.3 Å². The predicted octanol–water partition coefficient (Wildman–Crippen LogP) is 22.0. The number of methoxy groups -OCH3 is 7. The van der Waals surface area contributed by atoms with Gasteiger partial charge in [0.2, 0.25) is 0 Å². The molecule has 786 valence electrons. The number of halogens is 7. The van der Waals surface area contributed by atoms with E-state index in [1.807, 2.05) is 153 Å². The van der Waals surface area contributed by atoms with Crippen LogP contribution in [0.4, 0.5) is 30.7 Å². The van der Waals surface area contributed by atoms with Crippen LogP contribution in [0.1, 0.15) is 38.9 Å². The Morgan fingerprint density at radius 1 is 0.215 bits per heavy atom. The summed E-state index contributed by atoms with van der Waals surface area (Å²) in [5, 5.41) is 15.1. The van der Waals surface area contributed by atoms with Crippen LogP contribution in [0.25, 0.3) is 0 Å². The van der Waals surface area contributed by atoms with Crippen molar-refractivity contribution in [2.75, 3.05) is 90.5 Å². The van der Waals surface area contributed by atoms with Gasteiger partial charge in [-0.25, -0.2) is 30.7 Å². The van der Waals surface area contributed by atoms with Crippen LogP contribution in [0.15, 0.2) is 322 Å². The minimum absolute atomic E-state index is 0.0260. The van der Waals surface area contributed by atoms with Crippen molar-refractivity contribution in [1.82, 2.24) is 0 Å². The molecule has 30 heteroatoms. The lowest BCUT2D eigenvalue weighted by atomic mass is 9.98. The van der Waals surface area contributed by atoms with Crippen molar-refractivity contribution in [3.63, 3.8) is 0 Å². The summed E-state index contributed by atoms with van der Waals surface area (Å²) in [6, 6.07) is 100. The zero-order valence-electron chi connectivity index (χ0n) is 88.4. The van der Waals surface area contributed by atoms with E-state index < -0.39 is 43.9 Å². The summed E-state index contributed by atoms with van der Waals surface area (Å²) in [7, 11) is 5.95. The summed E-state index contributed by atoms with van der Waals surface area (Å²) in [4.78, 5) is 0. The topological polar surface area (TPSA) is 120 Å². The smallest absolute Gasteiger partial charge is 0.188 e. The van der Waals surface area contributed by atoms with E-state index in [-0.39, 0.29) is 121 Å². The second-order valence-electron chi connectivity index (χ2n) is 38.7. The molecule has 0 heterocycles. The summed E-state index contributed by atoms with van der Waals surface area (Å²) < 4.78 is 169. The van der Waals surface area contributed by atoms with Crippen LogP contribution in [0.2, 0.25) is 78.6 Å². The Bertz CT molecular complexity index is 6680. The van der Waals surface area contributed by atoms with Gasteiger partial charge in [-0.2, -0.15) is 0 Å². The number of benzene rings is 15. The van der Waals surface area contributed by atoms with E-state index in [0.29, 0.717) is 50.2 Å². The maximum Gasteiger partial charge on any atom is 0.188 e. The first-order chi connectivity index (χ1) is 71.4. The standard InChI is InChI=1S/C28H25F2O2P.C22H22FO2P.C20H30FO2PSi2.2C17H22FO2PSi.C15H16FO3P/c1-31-19-32-28-23(15-21-10-6-3-7-11-21)16-22(14-20-8-4-2-5-9-20)17-27(28)33-26-13-12-24(29)18-25(26)30;1-16-8-11-21(19(23)12-16)26-22-14-18(9-10-20(22)25-15-24-2)13-17-6-4-3-5-7-17;1-22-14-23-20-18(24-17-11-9-8-10-16(17)21)12-15(25(2,3)4)13-19(20)26(5,6)7;1-19-12-20-17-15(10-7-11-16(17)22(2,3)4)21-14-9-6-5-8-13(14)18;1-19-12-20-15-10-9-13(22(2,3)4)11-17(15)21-16-8-6-5-7-14(16)18;1-17-10-19-15-12(18-2)7-5-9-14(15)20-13-8-4-3-6-11(13)16/h2-13,16-18,33H,14-15,19H2,1H3;3-12,14,26H,13,15H2,1-2H3;8-13,24H,14H2,1-7H3;2*5-11,21H,12H2,1-4H3;3-9,20H,10H2,1-2H3. The summed E-state index contributed by atoms with van der Waals surface area (Å²) >= 11 is 0. The lowest BCUT2D eigenvalue weighted by Gasteiger charge is -2.28. The van der Waals surface area contributed by atoms with Crippen LogP contribution in [-0.4, -0.2) is 123 Å². The highest BCUT2D eigenvalue weighted by Gasteiger charge is 2.31. The van der Waals surface area contributed by atoms with Crippen molar-refractivity contribution in [3.05, 3.63) is 401 Å². The summed E-state index contributed by atoms with van der Waals surface area (Å²) in [5.41, 5.74) is 7.81. The van der Waals surface area contributed by atoms with Crippen LogP contribution in [0.5, 0.6) is 40.2 Å². The Kier molecular flexibility index (Phi) is 49.1. The molecule has 0 aromatic heterocycles. The Balaban J connectivity index is 0.000000184. The second-order valence-corrected chi connectivity index (χ2v) is 66.9. The molecule has 0 aliphatic rings. The molecule has 0 aliphatic heterocycles. The fourth-order valence-corrected chi connectivity index (χ4v) is 28.3. The number of hydrogen-bond donors (Lipinski definition) is 0. The maximum atomic E-state index is 14.5. The Hall–Kier alpha value is -10.4. The van der Waals surface area contributed by atoms with Crippen molar-refractivity contribution in [1.29, 1.82) is 0 Å². The molecule has 13 nitrogen and oxygen atoms in total. The van der Waals surface area contributed by atoms with E-state index >= 15 is 0 Å². The van der Waals surface area contributed by atoms with Crippen molar-refractivity contribution in [2.24, 2.45) is 0 Å². The lowest BCUT2D eigenvalue weighted by molar-refractivity contribution is 0.0499. The second kappa shape index (κ2) is 60.8. The molecule has 0 saturated carbocycles. The molecule has 0 N–H and O–H groups in total. The highest BCUT2D eigenvalue weighted by Crippen LogP contribution is 2.35. The molecule has 0 fully saturated rings. The number of aryl methyl sites for hydroxylation is 1. The third-order valence-corrected chi connectivity index (χ3v) is 38.8. The van der Waals surface area contributed by atoms with E-state index in [0.717, 1.165) is 101 Å². The van der Waals surface area contributed by atoms with Gasteiger partial charge < -0.3 is 61.6 Å². The van der Waals surface area contributed by atoms with Gasteiger partial charge >= 0.3 is 0 Å². The minimum Gasteiger partial charge on any atom is -0.493 e. The number of rotatable bonds is 41. The van der Waals surface area contributed by atoms with Crippen molar-refractivity contribution >= 4 is 168 Å². The first kappa shape index (κ1) is 120. The molecule has 15 aromatic carbocycles. The monoisotopic (exact) mass is 2200 g/mol. The molecule has 0 spiro atoms. The summed E-state index contributed by atoms with van der Waals surface area (Å²) in [6.07, 6.45) is 2.25. The van der Waals surface area contributed by atoms with Gasteiger partial charge in [-0.1, -0.05) is 383 Å². The number of para-hydroxylation sites is 2. The third-order valence-electron chi connectivity index (χ3n) is 22.8. The normalized spacial score (nSPS) is 11.7. The van der Waals surface area contributed by atoms with Gasteiger partial charge in [0.15, 0.2) is 52.3 Å². The first-order valence-corrected chi connectivity index (χ1v) is 68.5. The number of hydrogen-bond acceptors (Lipinski definition) is 13. The fraction of sp³-hybridized carbons (Fsp3) is 0.244. The van der Waals surface area contributed by atoms with Crippen molar-refractivity contribution in [3.8, 4) is 40.2 Å². The zero-order valence-corrected chi connectivity index (χ0v) is 98.4. The van der Waals surface area contributed by atoms with Crippen LogP contribution >= 0.6 is 51.5 Å². The fourth-order valence-electron chi connectivity index (χ4n) is 15.2. The molecule has 15 rings (SSSR count). The third kappa shape index (κ3) is 38.7. The van der Waals surface area contributed by atoms with Gasteiger partial charge in [-0.3, -0.25) is 0 Å². The Labute approximate surface area is 890 Å². The Morgan fingerprint density at radius 3 is 0.993 bits per heavy atom. The molecule has 0 amide bonds. The van der Waals surface area contributed by atoms with Gasteiger partial charge in [-0.05, 0) is 142 Å². The van der Waals surface area contributed by atoms with Gasteiger partial charge in [0.05, 0.1) is 39.4 Å². The largest absolute Gasteiger partial charge is 0.493 e. The molecule has 0 bridgehead atoms. The van der Waals surface area contributed by atoms with Gasteiger partial charge in [0.25, 0.3) is 0 Å².